The van der Waals surface area contributed by atoms with Crippen molar-refractivity contribution >= 4 is 21.8 Å². The highest BCUT2D eigenvalue weighted by atomic mass is 79.9. The van der Waals surface area contributed by atoms with Crippen LogP contribution in [0.1, 0.15) is 18.4 Å². The summed E-state index contributed by atoms with van der Waals surface area (Å²) in [5.74, 6) is 1.37. The average molecular weight is 503 g/mol. The predicted octanol–water partition coefficient (Wildman–Crippen LogP) is 3.40. The maximum atomic E-state index is 13.1. The Morgan fingerprint density at radius 3 is 2.53 bits per heavy atom. The zero-order chi connectivity index (χ0) is 22.9. The van der Waals surface area contributed by atoms with Gasteiger partial charge in [-0.05, 0) is 62.0 Å². The molecule has 3 rings (SSSR count). The first-order chi connectivity index (χ1) is 15.5. The van der Waals surface area contributed by atoms with Gasteiger partial charge in [0.1, 0.15) is 5.75 Å². The fourth-order valence-electron chi connectivity index (χ4n) is 4.53. The molecule has 0 bridgehead atoms. The van der Waals surface area contributed by atoms with Crippen molar-refractivity contribution in [3.63, 3.8) is 0 Å². The number of hydrogen-bond donors (Lipinski definition) is 1. The van der Waals surface area contributed by atoms with E-state index in [2.05, 4.69) is 43.3 Å². The number of halogens is 1. The number of likely N-dealkylation sites (tertiary alicyclic amines) is 1. The largest absolute Gasteiger partial charge is 0.496 e. The molecule has 0 saturated carbocycles. The number of piperazine rings is 1. The summed E-state index contributed by atoms with van der Waals surface area (Å²) in [5, 5.41) is 0. The molecule has 32 heavy (non-hydrogen) atoms. The summed E-state index contributed by atoms with van der Waals surface area (Å²) < 4.78 is 6.56. The Bertz CT molecular complexity index is 838. The lowest BCUT2D eigenvalue weighted by Crippen LogP contribution is -2.51. The van der Waals surface area contributed by atoms with E-state index in [1.165, 1.54) is 5.56 Å². The molecule has 6 nitrogen and oxygen atoms in total. The number of rotatable bonds is 8. The number of amides is 1. The van der Waals surface area contributed by atoms with Crippen LogP contribution >= 0.6 is 15.9 Å². The minimum absolute atomic E-state index is 0.139. The molecule has 0 spiro atoms. The van der Waals surface area contributed by atoms with Crippen LogP contribution in [0.15, 0.2) is 59.3 Å². The summed E-state index contributed by atoms with van der Waals surface area (Å²) in [6, 6.07) is 6.10. The molecule has 0 atom stereocenters. The highest BCUT2D eigenvalue weighted by Crippen LogP contribution is 2.26. The standard InChI is InChI=1S/C25H35BrN4O2/c1-3-4-20(7-10-27)18-28-11-8-21(9-12-28)25(31)30-15-13-29(14-16-30)19-22-17-23(26)5-6-24(22)32-2/h3-7,10,17,21H,1,8-9,11-16,18-19,27H2,2H3/b10-7-,20-4+. The zero-order valence-corrected chi connectivity index (χ0v) is 20.6. The number of nitrogens with two attached hydrogens (primary N) is 1. The molecule has 0 aliphatic carbocycles. The SMILES string of the molecule is C=C/C=C(\C=C/N)CN1CCC(C(=O)N2CCN(Cc3cc(Br)ccc3OC)CC2)CC1. The van der Waals surface area contributed by atoms with Gasteiger partial charge >= 0.3 is 0 Å². The summed E-state index contributed by atoms with van der Waals surface area (Å²) in [7, 11) is 1.71. The first kappa shape index (κ1) is 24.6. The minimum atomic E-state index is 0.139. The van der Waals surface area contributed by atoms with Crippen molar-refractivity contribution in [3.05, 3.63) is 64.8 Å². The first-order valence-electron chi connectivity index (χ1n) is 11.3. The van der Waals surface area contributed by atoms with Crippen molar-refractivity contribution in [2.45, 2.75) is 19.4 Å². The molecule has 7 heteroatoms. The Balaban J connectivity index is 1.45. The monoisotopic (exact) mass is 502 g/mol. The second kappa shape index (κ2) is 12.2. The van der Waals surface area contributed by atoms with Crippen LogP contribution in [-0.4, -0.2) is 73.5 Å². The van der Waals surface area contributed by atoms with Gasteiger partial charge in [0.2, 0.25) is 5.91 Å². The van der Waals surface area contributed by atoms with Crippen molar-refractivity contribution in [1.82, 2.24) is 14.7 Å². The summed E-state index contributed by atoms with van der Waals surface area (Å²) in [5.41, 5.74) is 7.86. The zero-order valence-electron chi connectivity index (χ0n) is 19.0. The molecule has 2 aliphatic heterocycles. The molecule has 0 radical (unpaired) electrons. The normalized spacial score (nSPS) is 19.4. The number of piperidine rings is 1. The lowest BCUT2D eigenvalue weighted by Gasteiger charge is -2.38. The molecule has 0 unspecified atom stereocenters. The molecule has 0 aromatic heterocycles. The lowest BCUT2D eigenvalue weighted by molar-refractivity contribution is -0.138. The number of hydrogen-bond acceptors (Lipinski definition) is 5. The van der Waals surface area contributed by atoms with Crippen molar-refractivity contribution in [3.8, 4) is 5.75 Å². The summed E-state index contributed by atoms with van der Waals surface area (Å²) >= 11 is 3.55. The first-order valence-corrected chi connectivity index (χ1v) is 12.1. The van der Waals surface area contributed by atoms with Crippen LogP contribution in [0.5, 0.6) is 5.75 Å². The van der Waals surface area contributed by atoms with Crippen LogP contribution in [0.4, 0.5) is 0 Å². The van der Waals surface area contributed by atoms with Crippen LogP contribution in [0.25, 0.3) is 0 Å². The Kier molecular flexibility index (Phi) is 9.38. The van der Waals surface area contributed by atoms with E-state index in [1.807, 2.05) is 24.3 Å². The van der Waals surface area contributed by atoms with Gasteiger partial charge in [0.05, 0.1) is 7.11 Å². The van der Waals surface area contributed by atoms with Gasteiger partial charge in [-0.1, -0.05) is 34.7 Å². The number of carbonyl (C=O) groups excluding carboxylic acids is 1. The van der Waals surface area contributed by atoms with E-state index in [1.54, 1.807) is 19.4 Å². The Morgan fingerprint density at radius 2 is 1.91 bits per heavy atom. The maximum absolute atomic E-state index is 13.1. The fourth-order valence-corrected chi connectivity index (χ4v) is 4.94. The lowest BCUT2D eigenvalue weighted by atomic mass is 9.94. The molecule has 2 aliphatic rings. The fraction of sp³-hybridized carbons (Fsp3) is 0.480. The molecule has 2 saturated heterocycles. The third-order valence-corrected chi connectivity index (χ3v) is 6.80. The van der Waals surface area contributed by atoms with Gasteiger partial charge in [-0.3, -0.25) is 14.6 Å². The third kappa shape index (κ3) is 6.70. The molecule has 1 aromatic rings. The molecule has 1 amide bonds. The number of nitrogens with zero attached hydrogens (tertiary/aromatic N) is 3. The van der Waals surface area contributed by atoms with Gasteiger partial charge in [0, 0.05) is 55.2 Å². The van der Waals surface area contributed by atoms with Crippen molar-refractivity contribution in [2.24, 2.45) is 11.7 Å². The quantitative estimate of drug-likeness (QED) is 0.552. The molecule has 2 heterocycles. The van der Waals surface area contributed by atoms with Crippen molar-refractivity contribution in [1.29, 1.82) is 0 Å². The van der Waals surface area contributed by atoms with E-state index in [4.69, 9.17) is 10.5 Å². The van der Waals surface area contributed by atoms with Crippen LogP contribution < -0.4 is 10.5 Å². The molecular formula is C25H35BrN4O2. The second-order valence-corrected chi connectivity index (χ2v) is 9.36. The predicted molar refractivity (Wildman–Crippen MR) is 133 cm³/mol. The smallest absolute Gasteiger partial charge is 0.225 e. The van der Waals surface area contributed by atoms with E-state index in [-0.39, 0.29) is 5.92 Å². The average Bonchev–Trinajstić information content (AvgIpc) is 2.80. The van der Waals surface area contributed by atoms with Crippen molar-refractivity contribution in [2.75, 3.05) is 52.9 Å². The van der Waals surface area contributed by atoms with Gasteiger partial charge in [-0.15, -0.1) is 0 Å². The topological polar surface area (TPSA) is 62.0 Å². The summed E-state index contributed by atoms with van der Waals surface area (Å²) in [4.78, 5) is 20.0. The van der Waals surface area contributed by atoms with Gasteiger partial charge in [-0.2, -0.15) is 0 Å². The van der Waals surface area contributed by atoms with Crippen LogP contribution in [0.2, 0.25) is 0 Å². The Hall–Kier alpha value is -2.09. The molecule has 174 valence electrons. The Morgan fingerprint density at radius 1 is 1.19 bits per heavy atom. The number of allylic oxidation sites excluding steroid dienone is 2. The van der Waals surface area contributed by atoms with Crippen LogP contribution in [0, 0.1) is 5.92 Å². The van der Waals surface area contributed by atoms with E-state index >= 15 is 0 Å². The van der Waals surface area contributed by atoms with Crippen molar-refractivity contribution < 1.29 is 9.53 Å². The van der Waals surface area contributed by atoms with E-state index < -0.39 is 0 Å². The third-order valence-electron chi connectivity index (χ3n) is 6.31. The number of carbonyl (C=O) groups is 1. The van der Waals surface area contributed by atoms with Gasteiger partial charge < -0.3 is 15.4 Å². The number of methoxy groups -OCH3 is 1. The van der Waals surface area contributed by atoms with Gasteiger partial charge in [-0.25, -0.2) is 0 Å². The van der Waals surface area contributed by atoms with Crippen LogP contribution in [-0.2, 0) is 11.3 Å². The summed E-state index contributed by atoms with van der Waals surface area (Å²) in [6.07, 6.45) is 9.10. The number of ether oxygens (including phenoxy) is 1. The van der Waals surface area contributed by atoms with Crippen LogP contribution in [0.3, 0.4) is 0 Å². The second-order valence-electron chi connectivity index (χ2n) is 8.44. The number of benzene rings is 1. The molecule has 1 aromatic carbocycles. The molecular weight excluding hydrogens is 468 g/mol. The highest BCUT2D eigenvalue weighted by molar-refractivity contribution is 9.10. The van der Waals surface area contributed by atoms with E-state index in [9.17, 15) is 4.79 Å². The molecule has 2 fully saturated rings. The minimum Gasteiger partial charge on any atom is -0.496 e. The summed E-state index contributed by atoms with van der Waals surface area (Å²) in [6.45, 7) is 10.7. The Labute approximate surface area is 200 Å². The van der Waals surface area contributed by atoms with E-state index in [0.717, 1.165) is 81.0 Å². The highest BCUT2D eigenvalue weighted by Gasteiger charge is 2.30. The van der Waals surface area contributed by atoms with E-state index in [0.29, 0.717) is 5.91 Å². The maximum Gasteiger partial charge on any atom is 0.225 e. The van der Waals surface area contributed by atoms with Gasteiger partial charge in [0.25, 0.3) is 0 Å². The molecule has 2 N–H and O–H groups in total. The van der Waals surface area contributed by atoms with Gasteiger partial charge in [0.15, 0.2) is 0 Å².